The average Bonchev–Trinajstić information content (AvgIpc) is 2.74. The summed E-state index contributed by atoms with van der Waals surface area (Å²) in [5.74, 6) is 0.509. The number of halogens is 1. The van der Waals surface area contributed by atoms with E-state index in [0.29, 0.717) is 28.3 Å². The summed E-state index contributed by atoms with van der Waals surface area (Å²) in [6.07, 6.45) is 10.5. The number of allylic oxidation sites excluding steroid dienone is 3. The minimum Gasteiger partial charge on any atom is -0.491 e. The lowest BCUT2D eigenvalue weighted by Crippen LogP contribution is -2.45. The van der Waals surface area contributed by atoms with Crippen molar-refractivity contribution in [3.8, 4) is 0 Å². The van der Waals surface area contributed by atoms with Gasteiger partial charge in [0.05, 0.1) is 5.70 Å². The first kappa shape index (κ1) is 23.4. The summed E-state index contributed by atoms with van der Waals surface area (Å²) in [7, 11) is 0. The van der Waals surface area contributed by atoms with Crippen LogP contribution in [0.5, 0.6) is 0 Å². The van der Waals surface area contributed by atoms with Crippen molar-refractivity contribution in [1.82, 2.24) is 10.6 Å². The number of aliphatic imine (C=N–C) groups is 1. The predicted molar refractivity (Wildman–Crippen MR) is 125 cm³/mol. The Kier molecular flexibility index (Phi) is 9.35. The fraction of sp³-hybridized carbons (Fsp3) is 0.348. The highest BCUT2D eigenvalue weighted by atomic mass is 35.5. The molecule has 30 heavy (non-hydrogen) atoms. The number of hydrogen-bond donors (Lipinski definition) is 3. The van der Waals surface area contributed by atoms with Gasteiger partial charge in [-0.05, 0) is 49.5 Å². The van der Waals surface area contributed by atoms with Crippen molar-refractivity contribution in [3.05, 3.63) is 82.7 Å². The molecular weight excluding hydrogens is 400 g/mol. The zero-order valence-corrected chi connectivity index (χ0v) is 18.0. The zero-order valence-electron chi connectivity index (χ0n) is 17.3. The molecule has 0 bridgehead atoms. The standard InChI is InChI=1S/C23H29ClN4O2/c1-16(8-7-11-22(29)28-30)25-23(26-17(2)19-9-5-4-6-10-19)27-18(3)20-12-14-21(24)15-13-20/h7-8,11-15,17,19,29H,1,3-6,9-10H2,2H3,(H2,25,26,27)/b8-7-,22-11+/t17-/m1/s1. The van der Waals surface area contributed by atoms with Crippen LogP contribution in [0, 0.1) is 10.8 Å². The first-order valence-corrected chi connectivity index (χ1v) is 10.4. The molecule has 6 nitrogen and oxygen atoms in total. The van der Waals surface area contributed by atoms with Crippen LogP contribution in [0.2, 0.25) is 5.02 Å². The third-order valence-electron chi connectivity index (χ3n) is 5.06. The molecule has 1 aromatic carbocycles. The van der Waals surface area contributed by atoms with E-state index in [2.05, 4.69) is 40.9 Å². The Balaban J connectivity index is 2.15. The molecule has 160 valence electrons. The molecule has 1 aromatic rings. The van der Waals surface area contributed by atoms with E-state index in [1.807, 2.05) is 12.1 Å². The van der Waals surface area contributed by atoms with Crippen molar-refractivity contribution in [2.45, 2.75) is 45.1 Å². The number of nitrogens with one attached hydrogen (secondary N) is 2. The van der Waals surface area contributed by atoms with Crippen molar-refractivity contribution in [3.63, 3.8) is 0 Å². The third kappa shape index (κ3) is 7.87. The molecule has 7 heteroatoms. The summed E-state index contributed by atoms with van der Waals surface area (Å²) >= 11 is 5.97. The van der Waals surface area contributed by atoms with E-state index >= 15 is 0 Å². The normalized spacial score (nSPS) is 16.9. The Bertz CT molecular complexity index is 837. The van der Waals surface area contributed by atoms with E-state index in [0.717, 1.165) is 5.56 Å². The minimum absolute atomic E-state index is 0.231. The molecule has 1 aliphatic rings. The molecule has 1 aliphatic carbocycles. The maximum absolute atomic E-state index is 10.2. The summed E-state index contributed by atoms with van der Waals surface area (Å²) in [5.41, 5.74) is 1.96. The predicted octanol–water partition coefficient (Wildman–Crippen LogP) is 6.05. The minimum atomic E-state index is -0.604. The third-order valence-corrected chi connectivity index (χ3v) is 5.31. The van der Waals surface area contributed by atoms with Gasteiger partial charge >= 0.3 is 0 Å². The molecule has 0 saturated heterocycles. The molecule has 0 spiro atoms. The van der Waals surface area contributed by atoms with Gasteiger partial charge in [-0.25, -0.2) is 4.99 Å². The van der Waals surface area contributed by atoms with Gasteiger partial charge in [-0.1, -0.05) is 62.2 Å². The quantitative estimate of drug-likeness (QED) is 0.155. The Morgan fingerprint density at radius 3 is 2.53 bits per heavy atom. The lowest BCUT2D eigenvalue weighted by molar-refractivity contribution is 0.301. The molecule has 0 radical (unpaired) electrons. The molecule has 0 aliphatic heterocycles. The first-order chi connectivity index (χ1) is 14.4. The molecule has 3 N–H and O–H groups in total. The van der Waals surface area contributed by atoms with Gasteiger partial charge in [0.1, 0.15) is 0 Å². The number of aliphatic hydroxyl groups is 1. The Morgan fingerprint density at radius 2 is 1.90 bits per heavy atom. The van der Waals surface area contributed by atoms with Crippen molar-refractivity contribution in [2.75, 3.05) is 0 Å². The van der Waals surface area contributed by atoms with Gasteiger partial charge in [0.25, 0.3) is 5.88 Å². The summed E-state index contributed by atoms with van der Waals surface area (Å²) in [6, 6.07) is 7.56. The van der Waals surface area contributed by atoms with Gasteiger partial charge in [0.2, 0.25) is 5.96 Å². The van der Waals surface area contributed by atoms with E-state index in [4.69, 9.17) is 16.7 Å². The van der Waals surface area contributed by atoms with E-state index in [9.17, 15) is 4.91 Å². The number of nitrogens with zero attached hydrogens (tertiary/aromatic N) is 2. The maximum Gasteiger partial charge on any atom is 0.252 e. The number of hydrogen-bond acceptors (Lipinski definition) is 4. The SMILES string of the molecule is C=C(/C=C\C=C(\O)N=O)N/C(=N\C(=C)c1ccc(Cl)cc1)N[C@H](C)C1CCCCC1. The van der Waals surface area contributed by atoms with Crippen LogP contribution < -0.4 is 10.6 Å². The molecule has 1 saturated carbocycles. The number of nitroso groups, excluding NO2 is 1. The Labute approximate surface area is 183 Å². The topological polar surface area (TPSA) is 86.1 Å². The Morgan fingerprint density at radius 1 is 1.23 bits per heavy atom. The molecular formula is C23H29ClN4O2. The van der Waals surface area contributed by atoms with Crippen LogP contribution in [0.15, 0.2) is 77.4 Å². The highest BCUT2D eigenvalue weighted by molar-refractivity contribution is 6.30. The summed E-state index contributed by atoms with van der Waals surface area (Å²) < 4.78 is 0. The van der Waals surface area contributed by atoms with Gasteiger partial charge in [0.15, 0.2) is 0 Å². The lowest BCUT2D eigenvalue weighted by Gasteiger charge is -2.29. The molecule has 0 heterocycles. The van der Waals surface area contributed by atoms with Crippen molar-refractivity contribution in [1.29, 1.82) is 0 Å². The van der Waals surface area contributed by atoms with Crippen LogP contribution in [-0.4, -0.2) is 17.1 Å². The highest BCUT2D eigenvalue weighted by Crippen LogP contribution is 2.26. The van der Waals surface area contributed by atoms with Crippen LogP contribution in [0.25, 0.3) is 5.70 Å². The second-order valence-electron chi connectivity index (χ2n) is 7.37. The van der Waals surface area contributed by atoms with Crippen LogP contribution in [-0.2, 0) is 0 Å². The molecule has 2 rings (SSSR count). The first-order valence-electron chi connectivity index (χ1n) is 10.1. The van der Waals surface area contributed by atoms with Gasteiger partial charge in [0, 0.05) is 28.0 Å². The van der Waals surface area contributed by atoms with Gasteiger partial charge in [-0.15, -0.1) is 4.91 Å². The van der Waals surface area contributed by atoms with Gasteiger partial charge < -0.3 is 15.7 Å². The second kappa shape index (κ2) is 12.0. The second-order valence-corrected chi connectivity index (χ2v) is 7.81. The number of aliphatic hydroxyl groups excluding tert-OH is 1. The van der Waals surface area contributed by atoms with E-state index in [1.54, 1.807) is 18.2 Å². The molecule has 1 fully saturated rings. The van der Waals surface area contributed by atoms with Crippen molar-refractivity contribution >= 4 is 23.3 Å². The van der Waals surface area contributed by atoms with E-state index in [-0.39, 0.29) is 6.04 Å². The smallest absolute Gasteiger partial charge is 0.252 e. The summed E-state index contributed by atoms with van der Waals surface area (Å²) in [6.45, 7) is 10.2. The summed E-state index contributed by atoms with van der Waals surface area (Å²) in [4.78, 5) is 14.9. The largest absolute Gasteiger partial charge is 0.491 e. The maximum atomic E-state index is 10.2. The van der Waals surface area contributed by atoms with Crippen LogP contribution in [0.3, 0.4) is 0 Å². The van der Waals surface area contributed by atoms with Crippen LogP contribution in [0.1, 0.15) is 44.6 Å². The molecule has 0 amide bonds. The molecule has 0 aromatic heterocycles. The summed E-state index contributed by atoms with van der Waals surface area (Å²) in [5, 5.41) is 18.8. The van der Waals surface area contributed by atoms with E-state index in [1.165, 1.54) is 44.3 Å². The number of benzene rings is 1. The fourth-order valence-electron chi connectivity index (χ4n) is 3.38. The fourth-order valence-corrected chi connectivity index (χ4v) is 3.51. The molecule has 0 unspecified atom stereocenters. The van der Waals surface area contributed by atoms with Crippen molar-refractivity contribution in [2.24, 2.45) is 16.1 Å². The lowest BCUT2D eigenvalue weighted by atomic mass is 9.84. The van der Waals surface area contributed by atoms with Crippen LogP contribution >= 0.6 is 11.6 Å². The number of guanidine groups is 1. The molecule has 1 atom stereocenters. The highest BCUT2D eigenvalue weighted by Gasteiger charge is 2.21. The number of rotatable bonds is 8. The van der Waals surface area contributed by atoms with Crippen molar-refractivity contribution < 1.29 is 5.11 Å². The zero-order chi connectivity index (χ0) is 21.9. The Hall–Kier alpha value is -2.86. The van der Waals surface area contributed by atoms with E-state index < -0.39 is 5.88 Å². The average molecular weight is 429 g/mol. The monoisotopic (exact) mass is 428 g/mol. The van der Waals surface area contributed by atoms with Crippen LogP contribution in [0.4, 0.5) is 0 Å². The van der Waals surface area contributed by atoms with Gasteiger partial charge in [-0.3, -0.25) is 0 Å². The van der Waals surface area contributed by atoms with Gasteiger partial charge in [-0.2, -0.15) is 0 Å².